The van der Waals surface area contributed by atoms with Gasteiger partial charge in [0.15, 0.2) is 0 Å². The SMILES string of the molecule is CC[C@H](C)C1NC(=O)[C@H](CC(C)C)N(C)C(=O)C[C@@H](C(=O)N(C)C)N(C)C(=O)[C@H](C2CCCC2)N(C)C(=O)C2(CCCC2)NC(=O)[C@@H]2CCCN2C(=O)[C@H](CCc2ccc(C(F)(F)F)c(Cl)c2)NC(=O)CN(C)C(=O)[C@H](Cc2ccc(C)cc2)N2C/C=C\COC[C@H](C2=O)N(C)C(=O)CN(C)C1=O. The Labute approximate surface area is 608 Å². The van der Waals surface area contributed by atoms with Crippen LogP contribution in [0.1, 0.15) is 140 Å². The van der Waals surface area contributed by atoms with Crippen LogP contribution < -0.4 is 16.0 Å². The predicted octanol–water partition coefficient (Wildman–Crippen LogP) is 5.01. The molecule has 3 heterocycles. The highest BCUT2D eigenvalue weighted by Crippen LogP contribution is 2.38. The minimum Gasteiger partial charge on any atom is -0.375 e. The average molecular weight is 1460 g/mol. The van der Waals surface area contributed by atoms with Gasteiger partial charge in [-0.2, -0.15) is 13.2 Å². The number of alkyl halides is 3. The summed E-state index contributed by atoms with van der Waals surface area (Å²) in [4.78, 5) is 192. The van der Waals surface area contributed by atoms with Crippen LogP contribution in [0.4, 0.5) is 13.2 Å². The summed E-state index contributed by atoms with van der Waals surface area (Å²) in [6.45, 7) is 7.29. The molecule has 2 saturated heterocycles. The number of halogens is 4. The first-order valence-corrected chi connectivity index (χ1v) is 36.3. The summed E-state index contributed by atoms with van der Waals surface area (Å²) in [6.07, 6.45) is 2.15. The molecule has 3 N–H and O–H groups in total. The third kappa shape index (κ3) is 20.2. The van der Waals surface area contributed by atoms with E-state index in [0.717, 1.165) is 45.2 Å². The standard InChI is InChI=1S/C74H106ClF3N12O13/c1-14-47(5)62-70(100)84(9)43-61(93)86(11)58-44-103-37-20-19-35-90(69(58)99)57(40-49-27-25-46(4)26-28-49)68(98)83(8)42-59(91)79-53(32-30-48-29-31-51(52(75)39-48)74(76,77)78)66(96)89-36-21-24-54(89)65(95)81-73(33-17-18-34-73)72(102)88(13)63(50-22-15-16-23-50)71(101)87(12)56(67(97)82(6)7)41-60(92)85(10)55(38-45(2)3)64(94)80-62/h19-20,25-29,31,39,45,47,50,53-58,62-63H,14-18,21-24,30,32-38,40-44H2,1-13H3,(H,79,91)(H,80,94)(H,81,95)/b20-19-/t47-,53-,54-,55-,56-,57-,58+,62?,63-/m0/s1. The lowest BCUT2D eigenvalue weighted by molar-refractivity contribution is -0.156. The van der Waals surface area contributed by atoms with Gasteiger partial charge in [0.25, 0.3) is 0 Å². The number of carbonyl (C=O) groups is 12. The maximum Gasteiger partial charge on any atom is 0.417 e. The molecule has 9 atom stereocenters. The molecule has 12 amide bonds. The first-order chi connectivity index (χ1) is 48.5. The van der Waals surface area contributed by atoms with Crippen molar-refractivity contribution in [2.75, 3.05) is 95.8 Å². The number of nitrogens with zero attached hydrogens (tertiary/aromatic N) is 9. The molecule has 5 aliphatic rings. The van der Waals surface area contributed by atoms with Crippen molar-refractivity contribution in [1.29, 1.82) is 0 Å². The highest BCUT2D eigenvalue weighted by atomic mass is 35.5. The molecule has 3 aliphatic heterocycles. The Hall–Kier alpha value is -8.14. The van der Waals surface area contributed by atoms with Gasteiger partial charge in [-0.3, -0.25) is 57.5 Å². The van der Waals surface area contributed by atoms with Gasteiger partial charge < -0.3 is 64.8 Å². The van der Waals surface area contributed by atoms with Crippen LogP contribution in [0.25, 0.3) is 0 Å². The van der Waals surface area contributed by atoms with E-state index in [1.807, 2.05) is 39.8 Å². The number of aryl methyl sites for hydroxylation is 2. The average Bonchev–Trinajstić information content (AvgIpc) is 1.75. The summed E-state index contributed by atoms with van der Waals surface area (Å²) >= 11 is 6.18. The summed E-state index contributed by atoms with van der Waals surface area (Å²) in [7, 11) is 11.3. The first kappa shape index (κ1) is 82.1. The molecule has 2 saturated carbocycles. The number of carbonyl (C=O) groups excluding carboxylic acids is 12. The summed E-state index contributed by atoms with van der Waals surface area (Å²) in [5.41, 5.74) is -0.879. The van der Waals surface area contributed by atoms with Crippen molar-refractivity contribution in [3.8, 4) is 0 Å². The van der Waals surface area contributed by atoms with E-state index in [1.54, 1.807) is 31.2 Å². The molecular formula is C74H106ClF3N12O13. The van der Waals surface area contributed by atoms with Crippen molar-refractivity contribution < 1.29 is 75.4 Å². The van der Waals surface area contributed by atoms with E-state index in [9.17, 15) is 41.9 Å². The minimum absolute atomic E-state index is 0.00255. The largest absolute Gasteiger partial charge is 0.417 e. The van der Waals surface area contributed by atoms with Gasteiger partial charge in [-0.25, -0.2) is 0 Å². The van der Waals surface area contributed by atoms with Crippen molar-refractivity contribution in [2.24, 2.45) is 17.8 Å². The lowest BCUT2D eigenvalue weighted by Crippen LogP contribution is -2.65. The van der Waals surface area contributed by atoms with E-state index < -0.39 is 173 Å². The molecule has 25 nitrogen and oxygen atoms in total. The highest BCUT2D eigenvalue weighted by molar-refractivity contribution is 6.31. The molecule has 568 valence electrons. The van der Waals surface area contributed by atoms with E-state index in [-0.39, 0.29) is 82.7 Å². The van der Waals surface area contributed by atoms with Crippen molar-refractivity contribution in [1.82, 2.24) is 60.0 Å². The van der Waals surface area contributed by atoms with Crippen LogP contribution in [0.3, 0.4) is 0 Å². The Bertz CT molecular complexity index is 3450. The van der Waals surface area contributed by atoms with Crippen molar-refractivity contribution in [3.63, 3.8) is 0 Å². The summed E-state index contributed by atoms with van der Waals surface area (Å²) in [5, 5.41) is 8.11. The van der Waals surface area contributed by atoms with Crippen LogP contribution in [-0.4, -0.2) is 265 Å². The van der Waals surface area contributed by atoms with E-state index in [2.05, 4.69) is 16.0 Å². The van der Waals surface area contributed by atoms with Gasteiger partial charge in [-0.05, 0) is 106 Å². The molecular weight excluding hydrogens is 1360 g/mol. The summed E-state index contributed by atoms with van der Waals surface area (Å²) in [6, 6.07) is -0.233. The number of ether oxygens (including phenoxy) is 1. The zero-order valence-corrected chi connectivity index (χ0v) is 62.7. The molecule has 7 rings (SSSR count). The zero-order chi connectivity index (χ0) is 76.1. The molecule has 2 bridgehead atoms. The van der Waals surface area contributed by atoms with Gasteiger partial charge in [-0.1, -0.05) is 119 Å². The number of likely N-dealkylation sites (N-methyl/N-ethyl adjacent to an activating group) is 7. The Balaban J connectivity index is 1.32. The van der Waals surface area contributed by atoms with Crippen LogP contribution in [0, 0.1) is 24.7 Å². The fourth-order valence-electron chi connectivity index (χ4n) is 14.8. The van der Waals surface area contributed by atoms with E-state index >= 15 is 28.8 Å². The Morgan fingerprint density at radius 1 is 0.689 bits per heavy atom. The van der Waals surface area contributed by atoms with E-state index in [0.29, 0.717) is 44.1 Å². The van der Waals surface area contributed by atoms with Crippen LogP contribution in [0.5, 0.6) is 0 Å². The van der Waals surface area contributed by atoms with Crippen molar-refractivity contribution >= 4 is 82.5 Å². The Kier molecular flexibility index (Phi) is 28.7. The Morgan fingerprint density at radius 2 is 1.33 bits per heavy atom. The molecule has 2 aromatic rings. The summed E-state index contributed by atoms with van der Waals surface area (Å²) < 4.78 is 47.7. The van der Waals surface area contributed by atoms with Gasteiger partial charge >= 0.3 is 6.18 Å². The quantitative estimate of drug-likeness (QED) is 0.250. The fraction of sp³-hybridized carbons (Fsp3) is 0.649. The second kappa shape index (κ2) is 36.0. The molecule has 29 heteroatoms. The normalized spacial score (nSPS) is 26.1. The number of benzene rings is 2. The number of fused-ring (bicyclic) bond motifs is 3. The van der Waals surface area contributed by atoms with Crippen LogP contribution >= 0.6 is 11.6 Å². The smallest absolute Gasteiger partial charge is 0.375 e. The molecule has 2 aliphatic carbocycles. The lowest BCUT2D eigenvalue weighted by Gasteiger charge is -2.42. The fourth-order valence-corrected chi connectivity index (χ4v) is 15.1. The van der Waals surface area contributed by atoms with Gasteiger partial charge in [-0.15, -0.1) is 0 Å². The lowest BCUT2D eigenvalue weighted by atomic mass is 9.90. The zero-order valence-electron chi connectivity index (χ0n) is 61.9. The molecule has 1 spiro atoms. The van der Waals surface area contributed by atoms with E-state index in [4.69, 9.17) is 16.3 Å². The predicted molar refractivity (Wildman–Crippen MR) is 379 cm³/mol. The number of rotatable bonds is 11. The molecule has 1 unspecified atom stereocenters. The van der Waals surface area contributed by atoms with Gasteiger partial charge in [0.05, 0.1) is 43.3 Å². The van der Waals surface area contributed by atoms with Crippen LogP contribution in [-0.2, 0) is 81.3 Å². The third-order valence-electron chi connectivity index (χ3n) is 21.2. The maximum absolute atomic E-state index is 15.6. The third-order valence-corrected chi connectivity index (χ3v) is 21.6. The highest BCUT2D eigenvalue weighted by Gasteiger charge is 2.52. The second-order valence-electron chi connectivity index (χ2n) is 29.4. The maximum atomic E-state index is 15.6. The van der Waals surface area contributed by atoms with Gasteiger partial charge in [0.1, 0.15) is 53.9 Å². The number of hydrogen-bond donors (Lipinski definition) is 3. The molecule has 0 radical (unpaired) electrons. The molecule has 4 fully saturated rings. The van der Waals surface area contributed by atoms with Crippen LogP contribution in [0.15, 0.2) is 54.6 Å². The van der Waals surface area contributed by atoms with Crippen molar-refractivity contribution in [3.05, 3.63) is 81.9 Å². The van der Waals surface area contributed by atoms with Crippen LogP contribution in [0.2, 0.25) is 5.02 Å². The van der Waals surface area contributed by atoms with Crippen molar-refractivity contribution in [2.45, 2.75) is 197 Å². The Morgan fingerprint density at radius 3 is 1.94 bits per heavy atom. The number of amides is 12. The first-order valence-electron chi connectivity index (χ1n) is 35.9. The summed E-state index contributed by atoms with van der Waals surface area (Å²) in [5.74, 6) is -9.58. The minimum atomic E-state index is -4.78. The van der Waals surface area contributed by atoms with Gasteiger partial charge in [0.2, 0.25) is 70.9 Å². The number of hydrogen-bond acceptors (Lipinski definition) is 13. The molecule has 103 heavy (non-hydrogen) atoms. The van der Waals surface area contributed by atoms with Gasteiger partial charge in [0, 0.05) is 75.9 Å². The number of nitrogens with one attached hydrogen (secondary N) is 3. The second-order valence-corrected chi connectivity index (χ2v) is 29.8. The molecule has 2 aromatic carbocycles. The van der Waals surface area contributed by atoms with E-state index in [1.165, 1.54) is 91.8 Å². The molecule has 0 aromatic heterocycles. The topological polar surface area (TPSA) is 279 Å². The monoisotopic (exact) mass is 1460 g/mol.